The molecule has 3 heteroatoms. The lowest BCUT2D eigenvalue weighted by Gasteiger charge is -2.72. The number of β-amino-alcohol motifs (C(OH)–C–C–N with tert-alkyl or cyclic N) is 1. The molecule has 40 heavy (non-hydrogen) atoms. The van der Waals surface area contributed by atoms with Crippen LogP contribution in [0.15, 0.2) is 11.1 Å². The van der Waals surface area contributed by atoms with Gasteiger partial charge in [0.2, 0.25) is 0 Å². The molecule has 0 bridgehead atoms. The minimum absolute atomic E-state index is 0.0275. The van der Waals surface area contributed by atoms with Gasteiger partial charge in [0.1, 0.15) is 0 Å². The van der Waals surface area contributed by atoms with E-state index in [-0.39, 0.29) is 11.5 Å². The molecule has 5 fully saturated rings. The van der Waals surface area contributed by atoms with E-state index < -0.39 is 0 Å². The maximum atomic E-state index is 12.2. The normalized spacial score (nSPS) is 48.4. The van der Waals surface area contributed by atoms with Crippen LogP contribution < -0.4 is 0 Å². The quantitative estimate of drug-likeness (QED) is 0.358. The molecular formula is C37H64N2O. The molecule has 1 heterocycles. The average molecular weight is 553 g/mol. The summed E-state index contributed by atoms with van der Waals surface area (Å²) in [7, 11) is 2.24. The van der Waals surface area contributed by atoms with E-state index in [2.05, 4.69) is 72.2 Å². The van der Waals surface area contributed by atoms with Gasteiger partial charge in [0, 0.05) is 38.1 Å². The monoisotopic (exact) mass is 553 g/mol. The molecule has 1 saturated heterocycles. The van der Waals surface area contributed by atoms with Gasteiger partial charge in [0.05, 0.1) is 6.10 Å². The van der Waals surface area contributed by atoms with Gasteiger partial charge in [-0.3, -0.25) is 4.90 Å². The number of allylic oxidation sites excluding steroid dienone is 1. The van der Waals surface area contributed by atoms with E-state index in [1.807, 2.05) is 0 Å². The summed E-state index contributed by atoms with van der Waals surface area (Å²) in [6.07, 6.45) is 13.2. The lowest BCUT2D eigenvalue weighted by molar-refractivity contribution is -0.222. The molecule has 5 aliphatic carbocycles. The van der Waals surface area contributed by atoms with Gasteiger partial charge in [-0.2, -0.15) is 0 Å². The van der Waals surface area contributed by atoms with E-state index in [0.29, 0.717) is 33.5 Å². The number of piperazine rings is 1. The Morgan fingerprint density at radius 1 is 0.800 bits per heavy atom. The fourth-order valence-corrected chi connectivity index (χ4v) is 12.9. The molecule has 4 saturated carbocycles. The maximum Gasteiger partial charge on any atom is 0.0760 e. The number of hydrogen-bond acceptors (Lipinski definition) is 3. The van der Waals surface area contributed by atoms with Crippen molar-refractivity contribution in [3.8, 4) is 0 Å². The molecule has 6 aliphatic rings. The SMILES string of the molecule is CC(C)C1=C2[C@H]3CC[C@@H]4[C@@]5(C)CC[C@H](C)C(C)(C)[C@@H]5CC[C@@]4(C)[C@]3(C)CC[C@@]2(C(O)CN2CCN(C)CC2)CC1. The Morgan fingerprint density at radius 2 is 1.50 bits per heavy atom. The van der Waals surface area contributed by atoms with Crippen LogP contribution in [0.25, 0.3) is 0 Å². The number of hydrogen-bond donors (Lipinski definition) is 1. The highest BCUT2D eigenvalue weighted by molar-refractivity contribution is 5.39. The Kier molecular flexibility index (Phi) is 7.28. The van der Waals surface area contributed by atoms with Gasteiger partial charge in [0.25, 0.3) is 0 Å². The molecular weight excluding hydrogens is 488 g/mol. The maximum absolute atomic E-state index is 12.2. The molecule has 0 aromatic rings. The van der Waals surface area contributed by atoms with E-state index in [0.717, 1.165) is 50.5 Å². The molecule has 0 aromatic heterocycles. The van der Waals surface area contributed by atoms with Crippen LogP contribution in [-0.2, 0) is 0 Å². The highest BCUT2D eigenvalue weighted by atomic mass is 16.3. The van der Waals surface area contributed by atoms with Gasteiger partial charge < -0.3 is 10.0 Å². The molecule has 1 N–H and O–H groups in total. The standard InChI is InChI=1S/C37H64N2O/c1-25(2)27-13-17-37(31(40)24-39-22-20-38(9)21-23-39)19-18-35(7)28(32(27)37)10-11-30-34(6)15-12-26(3)33(4,5)29(34)14-16-36(30,35)8/h25-26,28-31,40H,10-24H2,1-9H3/t26-,28+,29-,30+,31?,34-,35+,36+,37+/m0/s1. The molecule has 1 unspecified atom stereocenters. The summed E-state index contributed by atoms with van der Waals surface area (Å²) in [6.45, 7) is 26.3. The Balaban J connectivity index is 1.34. The molecule has 9 atom stereocenters. The minimum atomic E-state index is -0.217. The van der Waals surface area contributed by atoms with Crippen LogP contribution in [0.4, 0.5) is 0 Å². The molecule has 6 rings (SSSR count). The zero-order valence-electron chi connectivity index (χ0n) is 27.9. The largest absolute Gasteiger partial charge is 0.391 e. The summed E-state index contributed by atoms with van der Waals surface area (Å²) in [4.78, 5) is 5.01. The van der Waals surface area contributed by atoms with Crippen LogP contribution in [0.1, 0.15) is 120 Å². The van der Waals surface area contributed by atoms with Crippen molar-refractivity contribution in [3.05, 3.63) is 11.1 Å². The highest BCUT2D eigenvalue weighted by Crippen LogP contribution is 2.77. The fourth-order valence-electron chi connectivity index (χ4n) is 12.9. The van der Waals surface area contributed by atoms with Gasteiger partial charge in [-0.25, -0.2) is 0 Å². The number of aliphatic hydroxyl groups excluding tert-OH is 1. The van der Waals surface area contributed by atoms with Crippen LogP contribution in [0, 0.1) is 56.7 Å². The summed E-state index contributed by atoms with van der Waals surface area (Å²) in [5.41, 5.74) is 5.28. The summed E-state index contributed by atoms with van der Waals surface area (Å²) in [6, 6.07) is 0. The molecule has 0 aromatic carbocycles. The Labute approximate surface area is 247 Å². The van der Waals surface area contributed by atoms with Crippen LogP contribution in [0.2, 0.25) is 0 Å². The molecule has 0 amide bonds. The van der Waals surface area contributed by atoms with Gasteiger partial charge >= 0.3 is 0 Å². The van der Waals surface area contributed by atoms with Crippen LogP contribution >= 0.6 is 0 Å². The van der Waals surface area contributed by atoms with Crippen molar-refractivity contribution in [1.82, 2.24) is 9.80 Å². The van der Waals surface area contributed by atoms with Crippen molar-refractivity contribution in [2.75, 3.05) is 39.8 Å². The van der Waals surface area contributed by atoms with E-state index in [1.54, 1.807) is 11.1 Å². The second-order valence-corrected chi connectivity index (χ2v) is 17.7. The van der Waals surface area contributed by atoms with Crippen molar-refractivity contribution in [1.29, 1.82) is 0 Å². The van der Waals surface area contributed by atoms with Crippen LogP contribution in [-0.4, -0.2) is 60.8 Å². The van der Waals surface area contributed by atoms with E-state index in [4.69, 9.17) is 0 Å². The van der Waals surface area contributed by atoms with Crippen LogP contribution in [0.3, 0.4) is 0 Å². The van der Waals surface area contributed by atoms with E-state index in [1.165, 1.54) is 64.2 Å². The highest BCUT2D eigenvalue weighted by Gasteiger charge is 2.69. The first-order valence-electron chi connectivity index (χ1n) is 17.5. The predicted octanol–water partition coefficient (Wildman–Crippen LogP) is 8.03. The third-order valence-corrected chi connectivity index (χ3v) is 15.9. The number of rotatable bonds is 4. The number of aliphatic hydroxyl groups is 1. The second kappa shape index (κ2) is 9.82. The van der Waals surface area contributed by atoms with E-state index >= 15 is 0 Å². The number of likely N-dealkylation sites (N-methyl/N-ethyl adjacent to an activating group) is 1. The third-order valence-electron chi connectivity index (χ3n) is 15.9. The van der Waals surface area contributed by atoms with Gasteiger partial charge in [0.15, 0.2) is 0 Å². The lowest BCUT2D eigenvalue weighted by Crippen LogP contribution is -2.65. The van der Waals surface area contributed by atoms with Crippen molar-refractivity contribution in [3.63, 3.8) is 0 Å². The van der Waals surface area contributed by atoms with E-state index in [9.17, 15) is 5.11 Å². The molecule has 0 radical (unpaired) electrons. The minimum Gasteiger partial charge on any atom is -0.391 e. The van der Waals surface area contributed by atoms with Gasteiger partial charge in [-0.05, 0) is 123 Å². The van der Waals surface area contributed by atoms with Crippen molar-refractivity contribution < 1.29 is 5.11 Å². The number of fused-ring (bicyclic) bond motifs is 7. The Bertz CT molecular complexity index is 1010. The first-order chi connectivity index (χ1) is 18.7. The summed E-state index contributed by atoms with van der Waals surface area (Å²) in [5.74, 6) is 3.83. The zero-order valence-corrected chi connectivity index (χ0v) is 27.9. The zero-order chi connectivity index (χ0) is 28.9. The first kappa shape index (κ1) is 29.7. The van der Waals surface area contributed by atoms with Gasteiger partial charge in [-0.15, -0.1) is 0 Å². The molecule has 3 nitrogen and oxygen atoms in total. The van der Waals surface area contributed by atoms with Crippen molar-refractivity contribution >= 4 is 0 Å². The number of nitrogens with zero attached hydrogens (tertiary/aromatic N) is 2. The Hall–Kier alpha value is -0.380. The molecule has 228 valence electrons. The Morgan fingerprint density at radius 3 is 2.17 bits per heavy atom. The second-order valence-electron chi connectivity index (χ2n) is 17.7. The summed E-state index contributed by atoms with van der Waals surface area (Å²) >= 11 is 0. The first-order valence-corrected chi connectivity index (χ1v) is 17.5. The average Bonchev–Trinajstić information content (AvgIpc) is 3.30. The van der Waals surface area contributed by atoms with Crippen molar-refractivity contribution in [2.45, 2.75) is 126 Å². The lowest BCUT2D eigenvalue weighted by atomic mass is 9.32. The smallest absolute Gasteiger partial charge is 0.0760 e. The summed E-state index contributed by atoms with van der Waals surface area (Å²) in [5, 5.41) is 12.2. The predicted molar refractivity (Wildman–Crippen MR) is 168 cm³/mol. The van der Waals surface area contributed by atoms with Crippen molar-refractivity contribution in [2.24, 2.45) is 56.7 Å². The van der Waals surface area contributed by atoms with Gasteiger partial charge in [-0.1, -0.05) is 66.5 Å². The van der Waals surface area contributed by atoms with Crippen LogP contribution in [0.5, 0.6) is 0 Å². The topological polar surface area (TPSA) is 26.7 Å². The molecule has 0 spiro atoms. The fraction of sp³-hybridized carbons (Fsp3) is 0.946. The third kappa shape index (κ3) is 3.98. The molecule has 1 aliphatic heterocycles. The summed E-state index contributed by atoms with van der Waals surface area (Å²) < 4.78 is 0.